The number of aliphatic hydroxyl groups is 1. The van der Waals surface area contributed by atoms with Crippen LogP contribution < -0.4 is 0 Å². The molecule has 0 heterocycles. The van der Waals surface area contributed by atoms with Crippen LogP contribution in [0.1, 0.15) is 12.5 Å². The summed E-state index contributed by atoms with van der Waals surface area (Å²) in [5, 5.41) is 9.59. The van der Waals surface area contributed by atoms with Crippen molar-refractivity contribution in [3.63, 3.8) is 0 Å². The molecule has 2 aromatic carbocycles. The van der Waals surface area contributed by atoms with Gasteiger partial charge in [-0.25, -0.2) is 8.42 Å². The maximum atomic E-state index is 12.8. The van der Waals surface area contributed by atoms with E-state index in [4.69, 9.17) is 11.6 Å². The minimum Gasteiger partial charge on any atom is -0.376 e. The van der Waals surface area contributed by atoms with E-state index in [1.807, 2.05) is 0 Å². The van der Waals surface area contributed by atoms with Gasteiger partial charge in [-0.15, -0.1) is 0 Å². The standard InChI is InChI=1S/C15H12ClF3O3S/c1-14(20,15(17,18)19)10-6-8-11(9-7-10)23(21,22)13-5-3-2-4-12(13)16/h2-9,20H,1H3/t14-/m0/s1. The van der Waals surface area contributed by atoms with Gasteiger partial charge in [0.1, 0.15) is 0 Å². The molecule has 3 nitrogen and oxygen atoms in total. The minimum atomic E-state index is -4.88. The molecular formula is C15H12ClF3O3S. The Morgan fingerprint density at radius 1 is 1.00 bits per heavy atom. The zero-order valence-corrected chi connectivity index (χ0v) is 13.4. The molecule has 0 spiro atoms. The number of halogens is 4. The van der Waals surface area contributed by atoms with E-state index in [0.29, 0.717) is 6.92 Å². The molecule has 0 aliphatic rings. The first kappa shape index (κ1) is 17.8. The van der Waals surface area contributed by atoms with Crippen LogP contribution in [0.15, 0.2) is 58.3 Å². The van der Waals surface area contributed by atoms with Crippen LogP contribution >= 0.6 is 11.6 Å². The van der Waals surface area contributed by atoms with Crippen LogP contribution in [-0.2, 0) is 15.4 Å². The number of benzene rings is 2. The second kappa shape index (κ2) is 5.81. The molecule has 0 fully saturated rings. The van der Waals surface area contributed by atoms with Crippen molar-refractivity contribution in [2.45, 2.75) is 28.5 Å². The molecule has 8 heteroatoms. The van der Waals surface area contributed by atoms with E-state index in [0.717, 1.165) is 24.3 Å². The highest BCUT2D eigenvalue weighted by atomic mass is 35.5. The third-order valence-corrected chi connectivity index (χ3v) is 5.67. The molecular weight excluding hydrogens is 353 g/mol. The predicted molar refractivity (Wildman–Crippen MR) is 79.0 cm³/mol. The molecule has 0 aliphatic carbocycles. The maximum absolute atomic E-state index is 12.8. The molecule has 0 saturated carbocycles. The molecule has 0 aromatic heterocycles. The van der Waals surface area contributed by atoms with Crippen molar-refractivity contribution < 1.29 is 26.7 Å². The lowest BCUT2D eigenvalue weighted by Gasteiger charge is -2.26. The third kappa shape index (κ3) is 3.22. The smallest absolute Gasteiger partial charge is 0.376 e. The Hall–Kier alpha value is -1.57. The van der Waals surface area contributed by atoms with Crippen LogP contribution in [0, 0.1) is 0 Å². The van der Waals surface area contributed by atoms with E-state index in [1.165, 1.54) is 18.2 Å². The predicted octanol–water partition coefficient (Wildman–Crippen LogP) is 3.94. The van der Waals surface area contributed by atoms with Crippen LogP contribution in [0.5, 0.6) is 0 Å². The largest absolute Gasteiger partial charge is 0.421 e. The highest BCUT2D eigenvalue weighted by molar-refractivity contribution is 7.91. The number of rotatable bonds is 3. The second-order valence-electron chi connectivity index (χ2n) is 5.03. The summed E-state index contributed by atoms with van der Waals surface area (Å²) in [5.41, 5.74) is -3.53. The fraction of sp³-hybridized carbons (Fsp3) is 0.200. The molecule has 0 unspecified atom stereocenters. The summed E-state index contributed by atoms with van der Waals surface area (Å²) in [6.07, 6.45) is -4.88. The normalized spacial score (nSPS) is 15.2. The molecule has 2 aromatic rings. The Bertz CT molecular complexity index is 813. The van der Waals surface area contributed by atoms with E-state index in [9.17, 15) is 26.7 Å². The number of hydrogen-bond donors (Lipinski definition) is 1. The van der Waals surface area contributed by atoms with Gasteiger partial charge in [0.25, 0.3) is 0 Å². The van der Waals surface area contributed by atoms with Crippen molar-refractivity contribution in [1.82, 2.24) is 0 Å². The van der Waals surface area contributed by atoms with Crippen molar-refractivity contribution in [1.29, 1.82) is 0 Å². The molecule has 0 saturated heterocycles. The Kier molecular flexibility index (Phi) is 4.49. The lowest BCUT2D eigenvalue weighted by Crippen LogP contribution is -2.39. The van der Waals surface area contributed by atoms with Crippen molar-refractivity contribution in [3.05, 3.63) is 59.1 Å². The van der Waals surface area contributed by atoms with E-state index in [2.05, 4.69) is 0 Å². The molecule has 1 N–H and O–H groups in total. The zero-order chi connectivity index (χ0) is 17.5. The van der Waals surface area contributed by atoms with Gasteiger partial charge < -0.3 is 5.11 Å². The van der Waals surface area contributed by atoms with E-state index >= 15 is 0 Å². The van der Waals surface area contributed by atoms with Gasteiger partial charge >= 0.3 is 6.18 Å². The number of alkyl halides is 3. The van der Waals surface area contributed by atoms with Gasteiger partial charge in [-0.1, -0.05) is 35.9 Å². The summed E-state index contributed by atoms with van der Waals surface area (Å²) in [6.45, 7) is 0.602. The SMILES string of the molecule is C[C@](O)(c1ccc(S(=O)(=O)c2ccccc2Cl)cc1)C(F)(F)F. The summed E-state index contributed by atoms with van der Waals surface area (Å²) < 4.78 is 63.2. The Morgan fingerprint density at radius 3 is 2.00 bits per heavy atom. The Morgan fingerprint density at radius 2 is 1.52 bits per heavy atom. The van der Waals surface area contributed by atoms with Crippen molar-refractivity contribution in [2.75, 3.05) is 0 Å². The summed E-state index contributed by atoms with van der Waals surface area (Å²) in [6, 6.07) is 9.62. The number of sulfone groups is 1. The van der Waals surface area contributed by atoms with E-state index in [1.54, 1.807) is 6.07 Å². The lowest BCUT2D eigenvalue weighted by atomic mass is 9.96. The Balaban J connectivity index is 2.47. The topological polar surface area (TPSA) is 54.4 Å². The van der Waals surface area contributed by atoms with Gasteiger partial charge in [0.05, 0.1) is 14.8 Å². The van der Waals surface area contributed by atoms with E-state index in [-0.39, 0.29) is 14.8 Å². The van der Waals surface area contributed by atoms with Crippen LogP contribution in [0.3, 0.4) is 0 Å². The summed E-state index contributed by atoms with van der Waals surface area (Å²) in [5.74, 6) is 0. The molecule has 0 bridgehead atoms. The van der Waals surface area contributed by atoms with Crippen LogP contribution in [0.2, 0.25) is 5.02 Å². The minimum absolute atomic E-state index is 0.0128. The average molecular weight is 365 g/mol. The third-order valence-electron chi connectivity index (χ3n) is 3.40. The fourth-order valence-corrected chi connectivity index (χ4v) is 3.68. The van der Waals surface area contributed by atoms with Gasteiger partial charge in [-0.05, 0) is 36.8 Å². The van der Waals surface area contributed by atoms with Crippen LogP contribution in [0.25, 0.3) is 0 Å². The lowest BCUT2D eigenvalue weighted by molar-refractivity contribution is -0.258. The van der Waals surface area contributed by atoms with Crippen LogP contribution in [-0.4, -0.2) is 19.7 Å². The second-order valence-corrected chi connectivity index (χ2v) is 7.35. The molecule has 0 aliphatic heterocycles. The van der Waals surface area contributed by atoms with Gasteiger partial charge in [0, 0.05) is 0 Å². The average Bonchev–Trinajstić information content (AvgIpc) is 2.46. The van der Waals surface area contributed by atoms with E-state index < -0.39 is 27.2 Å². The zero-order valence-electron chi connectivity index (χ0n) is 11.8. The quantitative estimate of drug-likeness (QED) is 0.897. The highest BCUT2D eigenvalue weighted by Crippen LogP contribution is 2.39. The maximum Gasteiger partial charge on any atom is 0.421 e. The highest BCUT2D eigenvalue weighted by Gasteiger charge is 2.51. The van der Waals surface area contributed by atoms with Crippen LogP contribution in [0.4, 0.5) is 13.2 Å². The summed E-state index contributed by atoms with van der Waals surface area (Å²) in [4.78, 5) is -0.357. The van der Waals surface area contributed by atoms with Gasteiger partial charge in [0.2, 0.25) is 9.84 Å². The van der Waals surface area contributed by atoms with Gasteiger partial charge in [-0.3, -0.25) is 0 Å². The van der Waals surface area contributed by atoms with Crippen molar-refractivity contribution in [2.24, 2.45) is 0 Å². The molecule has 0 radical (unpaired) electrons. The first-order valence-electron chi connectivity index (χ1n) is 6.37. The molecule has 0 amide bonds. The molecule has 23 heavy (non-hydrogen) atoms. The van der Waals surface area contributed by atoms with Crippen molar-refractivity contribution in [3.8, 4) is 0 Å². The van der Waals surface area contributed by atoms with Crippen molar-refractivity contribution >= 4 is 21.4 Å². The fourth-order valence-electron chi connectivity index (χ4n) is 1.91. The first-order chi connectivity index (χ1) is 10.5. The molecule has 2 rings (SSSR count). The monoisotopic (exact) mass is 364 g/mol. The van der Waals surface area contributed by atoms with Gasteiger partial charge in [-0.2, -0.15) is 13.2 Å². The molecule has 1 atom stereocenters. The summed E-state index contributed by atoms with van der Waals surface area (Å²) in [7, 11) is -3.96. The Labute approximate surface area is 136 Å². The van der Waals surface area contributed by atoms with Gasteiger partial charge in [0.15, 0.2) is 5.60 Å². The number of hydrogen-bond acceptors (Lipinski definition) is 3. The molecule has 124 valence electrons. The summed E-state index contributed by atoms with van der Waals surface area (Å²) >= 11 is 5.85. The first-order valence-corrected chi connectivity index (χ1v) is 8.23.